The molecule has 1 aliphatic heterocycles. The maximum atomic E-state index is 13.7. The van der Waals surface area contributed by atoms with Crippen LogP contribution < -0.4 is 15.0 Å². The number of thiazole rings is 1. The molecule has 1 saturated heterocycles. The molecule has 2 fully saturated rings. The van der Waals surface area contributed by atoms with E-state index < -0.39 is 24.1 Å². The number of alkyl halides is 2. The van der Waals surface area contributed by atoms with E-state index in [1.165, 1.54) is 30.3 Å². The fourth-order valence-electron chi connectivity index (χ4n) is 4.45. The number of hydrogen-bond acceptors (Lipinski definition) is 9. The van der Waals surface area contributed by atoms with Crippen LogP contribution in [0.3, 0.4) is 0 Å². The second-order valence-corrected chi connectivity index (χ2v) is 10.7. The van der Waals surface area contributed by atoms with E-state index in [2.05, 4.69) is 37.1 Å². The number of ether oxygens (including phenoxy) is 2. The Hall–Kier alpha value is -4.54. The normalized spacial score (nSPS) is 16.8. The lowest BCUT2D eigenvalue weighted by molar-refractivity contribution is -0.132. The van der Waals surface area contributed by atoms with Gasteiger partial charge in [-0.1, -0.05) is 17.3 Å². The zero-order valence-electron chi connectivity index (χ0n) is 22.6. The number of rotatable bonds is 6. The molecule has 10 nitrogen and oxygen atoms in total. The molecule has 1 aromatic carbocycles. The van der Waals surface area contributed by atoms with Gasteiger partial charge in [0.05, 0.1) is 26.1 Å². The second kappa shape index (κ2) is 11.4. The summed E-state index contributed by atoms with van der Waals surface area (Å²) in [6.45, 7) is 2.27. The van der Waals surface area contributed by atoms with Crippen LogP contribution in [-0.2, 0) is 9.53 Å². The Balaban J connectivity index is 1.38. The van der Waals surface area contributed by atoms with Gasteiger partial charge in [-0.05, 0) is 50.0 Å². The summed E-state index contributed by atoms with van der Waals surface area (Å²) in [4.78, 5) is 45.5. The van der Waals surface area contributed by atoms with Gasteiger partial charge in [0, 0.05) is 34.8 Å². The molecule has 42 heavy (non-hydrogen) atoms. The Morgan fingerprint density at radius 3 is 2.79 bits per heavy atom. The van der Waals surface area contributed by atoms with Gasteiger partial charge >= 0.3 is 0 Å². The zero-order valence-corrected chi connectivity index (χ0v) is 23.4. The largest absolute Gasteiger partial charge is 0.494 e. The van der Waals surface area contributed by atoms with E-state index in [0.29, 0.717) is 40.9 Å². The van der Waals surface area contributed by atoms with Gasteiger partial charge in [0.1, 0.15) is 23.2 Å². The molecule has 3 aromatic heterocycles. The standard InChI is InChI=1S/C29H24F2N6O4S/c1-15-28(39)37(9-10-41-15)18-7-8-19(20(11-18)21-12-22(24(30)31)32-14-23(21)40-2)26(38)36-29-35-25-27(42-29)34-17(13-33-25)6-5-16-3-4-16/h7-8,11-16,24H,3-4,9-10H2,1-2H3,(H,33,35,36,38). The number of halogens is 2. The minimum absolute atomic E-state index is 0.147. The van der Waals surface area contributed by atoms with Crippen LogP contribution in [0.1, 0.15) is 47.9 Å². The predicted molar refractivity (Wildman–Crippen MR) is 152 cm³/mol. The van der Waals surface area contributed by atoms with Crippen LogP contribution in [0.15, 0.2) is 36.7 Å². The summed E-state index contributed by atoms with van der Waals surface area (Å²) in [6.07, 6.45) is 1.43. The van der Waals surface area contributed by atoms with Crippen molar-refractivity contribution in [3.8, 4) is 28.7 Å². The molecule has 0 radical (unpaired) electrons. The first-order chi connectivity index (χ1) is 20.3. The molecule has 2 aliphatic rings. The highest BCUT2D eigenvalue weighted by Gasteiger charge is 2.29. The number of carbonyl (C=O) groups is 2. The van der Waals surface area contributed by atoms with Gasteiger partial charge in [-0.3, -0.25) is 19.9 Å². The smallest absolute Gasteiger partial charge is 0.280 e. The van der Waals surface area contributed by atoms with Crippen molar-refractivity contribution in [3.05, 3.63) is 53.6 Å². The Kier molecular flexibility index (Phi) is 7.49. The quantitative estimate of drug-likeness (QED) is 0.316. The molecule has 13 heteroatoms. The molecule has 0 spiro atoms. The highest BCUT2D eigenvalue weighted by molar-refractivity contribution is 7.21. The van der Waals surface area contributed by atoms with E-state index in [-0.39, 0.29) is 33.5 Å². The number of carbonyl (C=O) groups excluding carboxylic acids is 2. The Morgan fingerprint density at radius 2 is 2.02 bits per heavy atom. The Morgan fingerprint density at radius 1 is 1.19 bits per heavy atom. The van der Waals surface area contributed by atoms with Crippen molar-refractivity contribution in [2.24, 2.45) is 5.92 Å². The fraction of sp³-hybridized carbons (Fsp3) is 0.310. The van der Waals surface area contributed by atoms with Gasteiger partial charge in [0.2, 0.25) is 0 Å². The van der Waals surface area contributed by atoms with Crippen LogP contribution >= 0.6 is 11.3 Å². The average Bonchev–Trinajstić information content (AvgIpc) is 3.74. The molecule has 1 aliphatic carbocycles. The monoisotopic (exact) mass is 590 g/mol. The highest BCUT2D eigenvalue weighted by atomic mass is 32.1. The van der Waals surface area contributed by atoms with Crippen LogP contribution in [0.4, 0.5) is 19.6 Å². The third-order valence-electron chi connectivity index (χ3n) is 6.80. The molecule has 2 amide bonds. The van der Waals surface area contributed by atoms with Gasteiger partial charge in [-0.25, -0.2) is 18.7 Å². The highest BCUT2D eigenvalue weighted by Crippen LogP contribution is 2.38. The van der Waals surface area contributed by atoms with Crippen LogP contribution in [0.25, 0.3) is 21.6 Å². The summed E-state index contributed by atoms with van der Waals surface area (Å²) >= 11 is 1.14. The average molecular weight is 591 g/mol. The molecule has 0 bridgehead atoms. The number of methoxy groups -OCH3 is 1. The Bertz CT molecular complexity index is 1760. The van der Waals surface area contributed by atoms with Crippen molar-refractivity contribution < 1.29 is 27.8 Å². The zero-order chi connectivity index (χ0) is 29.4. The summed E-state index contributed by atoms with van der Waals surface area (Å²) in [5, 5.41) is 3.03. The summed E-state index contributed by atoms with van der Waals surface area (Å²) in [7, 11) is 1.38. The van der Waals surface area contributed by atoms with Crippen LogP contribution in [0.5, 0.6) is 5.75 Å². The first-order valence-corrected chi connectivity index (χ1v) is 14.0. The van der Waals surface area contributed by atoms with Crippen molar-refractivity contribution >= 4 is 44.4 Å². The first kappa shape index (κ1) is 27.6. The maximum absolute atomic E-state index is 13.7. The van der Waals surface area contributed by atoms with Gasteiger partial charge in [0.15, 0.2) is 15.6 Å². The maximum Gasteiger partial charge on any atom is 0.280 e. The van der Waals surface area contributed by atoms with Gasteiger partial charge in [-0.2, -0.15) is 4.98 Å². The van der Waals surface area contributed by atoms with Crippen molar-refractivity contribution in [3.63, 3.8) is 0 Å². The number of anilines is 2. The molecule has 6 rings (SSSR count). The molecule has 1 N–H and O–H groups in total. The number of fused-ring (bicyclic) bond motifs is 1. The van der Waals surface area contributed by atoms with Gasteiger partial charge in [-0.15, -0.1) is 0 Å². The summed E-state index contributed by atoms with van der Waals surface area (Å²) in [5.74, 6) is 5.96. The summed E-state index contributed by atoms with van der Waals surface area (Å²) in [5.41, 5.74) is 1.52. The topological polar surface area (TPSA) is 119 Å². The van der Waals surface area contributed by atoms with E-state index in [9.17, 15) is 18.4 Å². The number of benzene rings is 1. The van der Waals surface area contributed by atoms with Gasteiger partial charge < -0.3 is 14.4 Å². The minimum atomic E-state index is -2.85. The molecule has 214 valence electrons. The van der Waals surface area contributed by atoms with Crippen LogP contribution in [0, 0.1) is 17.8 Å². The van der Waals surface area contributed by atoms with Crippen LogP contribution in [-0.4, -0.2) is 58.1 Å². The summed E-state index contributed by atoms with van der Waals surface area (Å²) < 4.78 is 38.2. The fourth-order valence-corrected chi connectivity index (χ4v) is 5.25. The number of morpholine rings is 1. The molecule has 1 atom stereocenters. The summed E-state index contributed by atoms with van der Waals surface area (Å²) in [6, 6.07) is 5.94. The first-order valence-electron chi connectivity index (χ1n) is 13.2. The third-order valence-corrected chi connectivity index (χ3v) is 7.66. The van der Waals surface area contributed by atoms with Crippen molar-refractivity contribution in [2.75, 3.05) is 30.5 Å². The van der Waals surface area contributed by atoms with Crippen molar-refractivity contribution in [1.29, 1.82) is 0 Å². The third kappa shape index (κ3) is 5.63. The van der Waals surface area contributed by atoms with Gasteiger partial charge in [0.25, 0.3) is 18.2 Å². The molecular formula is C29H24F2N6O4S. The SMILES string of the molecule is COc1cnc(C(F)F)cc1-c1cc(N2CCOC(C)C2=O)ccc1C(=O)Nc1nc2ncc(C#CC3CC3)nc2s1. The second-order valence-electron chi connectivity index (χ2n) is 9.74. The molecular weight excluding hydrogens is 566 g/mol. The van der Waals surface area contributed by atoms with E-state index in [1.807, 2.05) is 0 Å². The minimum Gasteiger partial charge on any atom is -0.494 e. The van der Waals surface area contributed by atoms with Crippen molar-refractivity contribution in [1.82, 2.24) is 19.9 Å². The predicted octanol–water partition coefficient (Wildman–Crippen LogP) is 4.86. The molecule has 1 unspecified atom stereocenters. The van der Waals surface area contributed by atoms with Crippen molar-refractivity contribution in [2.45, 2.75) is 32.3 Å². The number of amides is 2. The number of nitrogens with one attached hydrogen (secondary N) is 1. The lowest BCUT2D eigenvalue weighted by Crippen LogP contribution is -2.46. The lowest BCUT2D eigenvalue weighted by Gasteiger charge is -2.31. The van der Waals surface area contributed by atoms with E-state index in [4.69, 9.17) is 9.47 Å². The van der Waals surface area contributed by atoms with Crippen LogP contribution in [0.2, 0.25) is 0 Å². The molecule has 1 saturated carbocycles. The molecule has 4 heterocycles. The molecule has 4 aromatic rings. The van der Waals surface area contributed by atoms with E-state index in [1.54, 1.807) is 25.3 Å². The Labute approximate surface area is 243 Å². The lowest BCUT2D eigenvalue weighted by atomic mass is 9.97. The number of pyridine rings is 1. The van der Waals surface area contributed by atoms with E-state index >= 15 is 0 Å². The number of nitrogens with zero attached hydrogens (tertiary/aromatic N) is 5. The van der Waals surface area contributed by atoms with E-state index in [0.717, 1.165) is 24.2 Å². The number of hydrogen-bond donors (Lipinski definition) is 1. The number of aromatic nitrogens is 4.